The Kier molecular flexibility index (Phi) is 3.58. The molecule has 0 spiro atoms. The second-order valence-corrected chi connectivity index (χ2v) is 3.54. The minimum Gasteiger partial charge on any atom is -0.328 e. The van der Waals surface area contributed by atoms with Crippen LogP contribution in [0.3, 0.4) is 0 Å². The van der Waals surface area contributed by atoms with E-state index in [1.54, 1.807) is 0 Å². The van der Waals surface area contributed by atoms with E-state index in [9.17, 15) is 0 Å². The fraction of sp³-hybridized carbons (Fsp3) is 0.875. The number of nitrogens with zero attached hydrogens (tertiary/aromatic N) is 1. The monoisotopic (exact) mass is 142 g/mol. The fourth-order valence-electron chi connectivity index (χ4n) is 0.404. The molecule has 0 fully saturated rings. The third kappa shape index (κ3) is 4.50. The summed E-state index contributed by atoms with van der Waals surface area (Å²) >= 11 is 0. The fourth-order valence-corrected chi connectivity index (χ4v) is 0.404. The van der Waals surface area contributed by atoms with Gasteiger partial charge < -0.3 is 5.73 Å². The Morgan fingerprint density at radius 3 is 2.30 bits per heavy atom. The van der Waals surface area contributed by atoms with Crippen LogP contribution in [0.25, 0.3) is 0 Å². The van der Waals surface area contributed by atoms with Crippen LogP contribution in [0.4, 0.5) is 0 Å². The summed E-state index contributed by atoms with van der Waals surface area (Å²) in [5.74, 6) is 0.519. The van der Waals surface area contributed by atoms with Gasteiger partial charge >= 0.3 is 0 Å². The maximum atomic E-state index is 5.48. The Hall–Kier alpha value is -0.370. The molecule has 2 N–H and O–H groups in total. The lowest BCUT2D eigenvalue weighted by Crippen LogP contribution is -2.28. The minimum absolute atomic E-state index is 0.0791. The van der Waals surface area contributed by atoms with E-state index in [-0.39, 0.29) is 5.54 Å². The van der Waals surface area contributed by atoms with E-state index >= 15 is 0 Å². The molecule has 0 aromatic carbocycles. The minimum atomic E-state index is -0.0791. The molecule has 0 aliphatic rings. The number of nitrogens with two attached hydrogens (primary N) is 1. The highest BCUT2D eigenvalue weighted by molar-refractivity contribution is 5.60. The molecule has 0 aliphatic carbocycles. The van der Waals surface area contributed by atoms with E-state index < -0.39 is 0 Å². The predicted molar refractivity (Wildman–Crippen MR) is 46.5 cm³/mol. The van der Waals surface area contributed by atoms with Gasteiger partial charge in [-0.05, 0) is 19.8 Å². The van der Waals surface area contributed by atoms with E-state index in [1.165, 1.54) is 0 Å². The van der Waals surface area contributed by atoms with Crippen LogP contribution < -0.4 is 5.73 Å². The molecule has 0 atom stereocenters. The van der Waals surface area contributed by atoms with Crippen molar-refractivity contribution in [2.75, 3.05) is 6.54 Å². The molecule has 0 saturated heterocycles. The molecule has 0 unspecified atom stereocenters. The van der Waals surface area contributed by atoms with Crippen molar-refractivity contribution in [2.45, 2.75) is 33.2 Å². The summed E-state index contributed by atoms with van der Waals surface area (Å²) in [6, 6.07) is 0. The van der Waals surface area contributed by atoms with Gasteiger partial charge in [0.15, 0.2) is 0 Å². The molecular formula is C8H18N2. The second-order valence-electron chi connectivity index (χ2n) is 3.54. The molecule has 0 saturated carbocycles. The van der Waals surface area contributed by atoms with Gasteiger partial charge in [0.1, 0.15) is 0 Å². The van der Waals surface area contributed by atoms with Gasteiger partial charge in [0.2, 0.25) is 0 Å². The van der Waals surface area contributed by atoms with E-state index in [0.29, 0.717) is 12.5 Å². The third-order valence-electron chi connectivity index (χ3n) is 1.22. The van der Waals surface area contributed by atoms with E-state index in [2.05, 4.69) is 18.8 Å². The average Bonchev–Trinajstić information content (AvgIpc) is 1.85. The highest BCUT2D eigenvalue weighted by atomic mass is 14.9. The van der Waals surface area contributed by atoms with Gasteiger partial charge in [0, 0.05) is 12.8 Å². The Balaban J connectivity index is 3.86. The Labute approximate surface area is 63.5 Å². The third-order valence-corrected chi connectivity index (χ3v) is 1.22. The Bertz CT molecular complexity index is 114. The summed E-state index contributed by atoms with van der Waals surface area (Å²) in [4.78, 5) is 4.32. The van der Waals surface area contributed by atoms with Gasteiger partial charge in [-0.15, -0.1) is 0 Å². The van der Waals surface area contributed by atoms with Gasteiger partial charge in [-0.2, -0.15) is 0 Å². The van der Waals surface area contributed by atoms with Crippen molar-refractivity contribution in [1.29, 1.82) is 0 Å². The summed E-state index contributed by atoms with van der Waals surface area (Å²) in [6.45, 7) is 8.89. The second kappa shape index (κ2) is 3.71. The Morgan fingerprint density at radius 1 is 1.50 bits per heavy atom. The van der Waals surface area contributed by atoms with Crippen molar-refractivity contribution < 1.29 is 0 Å². The van der Waals surface area contributed by atoms with Crippen LogP contribution in [-0.2, 0) is 0 Å². The molecule has 2 heteroatoms. The van der Waals surface area contributed by atoms with Crippen LogP contribution in [0.5, 0.6) is 0 Å². The molecule has 2 nitrogen and oxygen atoms in total. The number of aliphatic imine (C=N–C) groups is 1. The Morgan fingerprint density at radius 2 is 2.00 bits per heavy atom. The summed E-state index contributed by atoms with van der Waals surface area (Å²) in [6.07, 6.45) is 1.95. The zero-order valence-corrected chi connectivity index (χ0v) is 7.39. The van der Waals surface area contributed by atoms with Gasteiger partial charge in [-0.3, -0.25) is 4.99 Å². The van der Waals surface area contributed by atoms with Crippen molar-refractivity contribution >= 4 is 6.21 Å². The SMILES string of the molecule is CC(C)C=NC(C)(C)CN. The number of hydrogen-bond acceptors (Lipinski definition) is 2. The lowest BCUT2D eigenvalue weighted by atomic mass is 10.1. The zero-order valence-electron chi connectivity index (χ0n) is 7.39. The van der Waals surface area contributed by atoms with Crippen molar-refractivity contribution in [3.63, 3.8) is 0 Å². The van der Waals surface area contributed by atoms with Gasteiger partial charge in [0.05, 0.1) is 5.54 Å². The molecule has 0 aromatic rings. The van der Waals surface area contributed by atoms with E-state index in [0.717, 1.165) is 0 Å². The zero-order chi connectivity index (χ0) is 8.20. The summed E-state index contributed by atoms with van der Waals surface area (Å²) in [5.41, 5.74) is 5.40. The topological polar surface area (TPSA) is 38.4 Å². The van der Waals surface area contributed by atoms with Crippen LogP contribution in [0.2, 0.25) is 0 Å². The molecule has 0 amide bonds. The lowest BCUT2D eigenvalue weighted by molar-refractivity contribution is 0.535. The van der Waals surface area contributed by atoms with Crippen molar-refractivity contribution in [1.82, 2.24) is 0 Å². The first kappa shape index (κ1) is 9.63. The molecular weight excluding hydrogens is 124 g/mol. The molecule has 0 aromatic heterocycles. The molecule has 0 heterocycles. The van der Waals surface area contributed by atoms with Crippen LogP contribution in [0.15, 0.2) is 4.99 Å². The molecule has 0 bridgehead atoms. The van der Waals surface area contributed by atoms with Gasteiger partial charge in [-0.25, -0.2) is 0 Å². The first-order chi connectivity index (χ1) is 4.48. The molecule has 60 valence electrons. The van der Waals surface area contributed by atoms with E-state index in [1.807, 2.05) is 20.1 Å². The van der Waals surface area contributed by atoms with Crippen molar-refractivity contribution in [3.05, 3.63) is 0 Å². The lowest BCUT2D eigenvalue weighted by Gasteiger charge is -2.16. The molecule has 0 aliphatic heterocycles. The first-order valence-electron chi connectivity index (χ1n) is 3.73. The molecule has 0 radical (unpaired) electrons. The standard InChI is InChI=1S/C8H18N2/c1-7(2)5-10-8(3,4)6-9/h5,7H,6,9H2,1-4H3. The highest BCUT2D eigenvalue weighted by Crippen LogP contribution is 2.05. The summed E-state index contributed by atoms with van der Waals surface area (Å²) in [5, 5.41) is 0. The van der Waals surface area contributed by atoms with Gasteiger partial charge in [0.25, 0.3) is 0 Å². The summed E-state index contributed by atoms with van der Waals surface area (Å²) in [7, 11) is 0. The quantitative estimate of drug-likeness (QED) is 0.595. The molecule has 0 rings (SSSR count). The predicted octanol–water partition coefficient (Wildman–Crippen LogP) is 1.45. The van der Waals surface area contributed by atoms with Gasteiger partial charge in [-0.1, -0.05) is 13.8 Å². The first-order valence-corrected chi connectivity index (χ1v) is 3.73. The van der Waals surface area contributed by atoms with Crippen molar-refractivity contribution in [2.24, 2.45) is 16.6 Å². The number of hydrogen-bond donors (Lipinski definition) is 1. The van der Waals surface area contributed by atoms with Crippen LogP contribution >= 0.6 is 0 Å². The highest BCUT2D eigenvalue weighted by Gasteiger charge is 2.11. The van der Waals surface area contributed by atoms with Crippen LogP contribution in [-0.4, -0.2) is 18.3 Å². The van der Waals surface area contributed by atoms with E-state index in [4.69, 9.17) is 5.73 Å². The maximum absolute atomic E-state index is 5.48. The smallest absolute Gasteiger partial charge is 0.0670 e. The summed E-state index contributed by atoms with van der Waals surface area (Å²) < 4.78 is 0. The van der Waals surface area contributed by atoms with Crippen LogP contribution in [0, 0.1) is 5.92 Å². The average molecular weight is 142 g/mol. The number of rotatable bonds is 3. The van der Waals surface area contributed by atoms with Crippen LogP contribution in [0.1, 0.15) is 27.7 Å². The maximum Gasteiger partial charge on any atom is 0.0670 e. The molecule has 10 heavy (non-hydrogen) atoms. The van der Waals surface area contributed by atoms with Crippen molar-refractivity contribution in [3.8, 4) is 0 Å². The normalized spacial score (nSPS) is 13.4. The largest absolute Gasteiger partial charge is 0.328 e.